The second-order valence-electron chi connectivity index (χ2n) is 10.3. The zero-order chi connectivity index (χ0) is 25.0. The molecule has 7 nitrogen and oxygen atoms in total. The number of aromatic carboxylic acids is 1. The van der Waals surface area contributed by atoms with Gasteiger partial charge in [0, 0.05) is 37.9 Å². The average molecular weight is 492 g/mol. The van der Waals surface area contributed by atoms with Crippen molar-refractivity contribution in [3.05, 3.63) is 69.8 Å². The van der Waals surface area contributed by atoms with E-state index < -0.39 is 17.2 Å². The van der Waals surface area contributed by atoms with E-state index in [4.69, 9.17) is 4.74 Å². The number of likely N-dealkylation sites (tertiary alicyclic amines) is 1. The lowest BCUT2D eigenvalue weighted by molar-refractivity contribution is 0.0694. The number of anilines is 1. The first-order valence-electron chi connectivity index (χ1n) is 12.7. The Hall–Kier alpha value is -3.39. The predicted molar refractivity (Wildman–Crippen MR) is 136 cm³/mol. The van der Waals surface area contributed by atoms with Crippen molar-refractivity contribution in [2.45, 2.75) is 44.3 Å². The fourth-order valence-electron chi connectivity index (χ4n) is 6.19. The number of benzene rings is 2. The molecule has 36 heavy (non-hydrogen) atoms. The molecule has 0 amide bonds. The molecule has 1 aromatic heterocycles. The highest BCUT2D eigenvalue weighted by molar-refractivity contribution is 5.97. The van der Waals surface area contributed by atoms with Crippen molar-refractivity contribution in [1.29, 1.82) is 0 Å². The second kappa shape index (κ2) is 8.92. The first kappa shape index (κ1) is 23.0. The van der Waals surface area contributed by atoms with Crippen LogP contribution in [0.2, 0.25) is 0 Å². The van der Waals surface area contributed by atoms with Crippen molar-refractivity contribution in [1.82, 2.24) is 9.47 Å². The van der Waals surface area contributed by atoms with Crippen molar-refractivity contribution in [2.24, 2.45) is 5.92 Å². The minimum atomic E-state index is -1.30. The molecule has 1 saturated carbocycles. The molecule has 3 aliphatic rings. The number of nitrogens with zero attached hydrogens (tertiary/aromatic N) is 3. The molecular weight excluding hydrogens is 461 g/mol. The van der Waals surface area contributed by atoms with Crippen molar-refractivity contribution < 1.29 is 19.0 Å². The smallest absolute Gasteiger partial charge is 0.341 e. The first-order valence-corrected chi connectivity index (χ1v) is 12.7. The topological polar surface area (TPSA) is 75.0 Å². The molecule has 3 fully saturated rings. The van der Waals surface area contributed by atoms with Crippen LogP contribution in [-0.4, -0.2) is 53.3 Å². The SMILES string of the molecule is COc1c(N2C[C@H]3CCCN(Cc4ccccc4)[C@H]3C2)c(F)cc2c(=O)c(C(=O)O)cn(C3CC3)c12. The number of piperidine rings is 1. The molecule has 0 spiro atoms. The van der Waals surface area contributed by atoms with Gasteiger partial charge in [-0.2, -0.15) is 0 Å². The Morgan fingerprint density at radius 3 is 2.64 bits per heavy atom. The highest BCUT2D eigenvalue weighted by Gasteiger charge is 2.41. The summed E-state index contributed by atoms with van der Waals surface area (Å²) < 4.78 is 23.4. The van der Waals surface area contributed by atoms with Gasteiger partial charge in [0.2, 0.25) is 5.43 Å². The molecule has 1 N–H and O–H groups in total. The number of carboxylic acids is 1. The molecule has 2 saturated heterocycles. The van der Waals surface area contributed by atoms with Crippen molar-refractivity contribution in [3.63, 3.8) is 0 Å². The van der Waals surface area contributed by atoms with Crippen LogP contribution in [0.5, 0.6) is 5.75 Å². The van der Waals surface area contributed by atoms with Gasteiger partial charge in [-0.25, -0.2) is 9.18 Å². The van der Waals surface area contributed by atoms with Crippen LogP contribution in [0.25, 0.3) is 10.9 Å². The Balaban J connectivity index is 1.42. The molecule has 2 aliphatic heterocycles. The van der Waals surface area contributed by atoms with E-state index in [1.54, 1.807) is 0 Å². The van der Waals surface area contributed by atoms with Crippen molar-refractivity contribution in [2.75, 3.05) is 31.6 Å². The summed E-state index contributed by atoms with van der Waals surface area (Å²) in [7, 11) is 1.50. The van der Waals surface area contributed by atoms with Crippen molar-refractivity contribution >= 4 is 22.6 Å². The Bertz CT molecular complexity index is 1390. The summed E-state index contributed by atoms with van der Waals surface area (Å²) in [5.41, 5.74) is 1.11. The number of rotatable bonds is 6. The minimum absolute atomic E-state index is 0.0576. The van der Waals surface area contributed by atoms with Crippen LogP contribution < -0.4 is 15.1 Å². The highest BCUT2D eigenvalue weighted by Crippen LogP contribution is 2.45. The fourth-order valence-corrected chi connectivity index (χ4v) is 6.19. The average Bonchev–Trinajstić information content (AvgIpc) is 3.62. The number of halogens is 1. The van der Waals surface area contributed by atoms with E-state index in [1.807, 2.05) is 10.6 Å². The third-order valence-electron chi connectivity index (χ3n) is 8.01. The molecule has 0 bridgehead atoms. The molecule has 1 aliphatic carbocycles. The number of hydrogen-bond donors (Lipinski definition) is 1. The van der Waals surface area contributed by atoms with E-state index in [1.165, 1.54) is 24.9 Å². The lowest BCUT2D eigenvalue weighted by Gasteiger charge is -2.36. The Morgan fingerprint density at radius 2 is 1.94 bits per heavy atom. The van der Waals surface area contributed by atoms with Gasteiger partial charge in [-0.05, 0) is 49.8 Å². The van der Waals surface area contributed by atoms with E-state index in [-0.39, 0.29) is 17.0 Å². The molecule has 3 heterocycles. The Labute approximate surface area is 208 Å². The standard InChI is InChI=1S/C28H30FN3O4/c1-36-27-24-20(26(33)21(28(34)35)15-32(24)19-9-10-19)12-22(29)25(27)31-14-18-8-5-11-30(23(18)16-31)13-17-6-3-2-4-7-17/h2-4,6-7,12,15,18-19,23H,5,8-11,13-14,16H2,1H3,(H,34,35)/t18-,23+/m1/s1. The molecule has 0 radical (unpaired) electrons. The maximum absolute atomic E-state index is 15.8. The number of hydrogen-bond acceptors (Lipinski definition) is 5. The van der Waals surface area contributed by atoms with Gasteiger partial charge in [0.25, 0.3) is 0 Å². The first-order chi connectivity index (χ1) is 17.5. The largest absolute Gasteiger partial charge is 0.492 e. The van der Waals surface area contributed by atoms with E-state index >= 15 is 4.39 Å². The summed E-state index contributed by atoms with van der Waals surface area (Å²) in [4.78, 5) is 29.3. The molecule has 0 unspecified atom stereocenters. The van der Waals surface area contributed by atoms with Crippen LogP contribution in [0.1, 0.15) is 47.6 Å². The molecule has 6 rings (SSSR count). The fraction of sp³-hybridized carbons (Fsp3) is 0.429. The normalized spacial score (nSPS) is 22.1. The van der Waals surface area contributed by atoms with Crippen LogP contribution >= 0.6 is 0 Å². The van der Waals surface area contributed by atoms with Crippen LogP contribution in [0.15, 0.2) is 47.4 Å². The molecule has 2 atom stereocenters. The summed E-state index contributed by atoms with van der Waals surface area (Å²) in [5, 5.41) is 9.63. The van der Waals surface area contributed by atoms with Gasteiger partial charge >= 0.3 is 5.97 Å². The monoisotopic (exact) mass is 491 g/mol. The zero-order valence-electron chi connectivity index (χ0n) is 20.3. The zero-order valence-corrected chi connectivity index (χ0v) is 20.3. The Kier molecular flexibility index (Phi) is 5.71. The molecule has 3 aromatic rings. The van der Waals surface area contributed by atoms with Crippen LogP contribution in [0.3, 0.4) is 0 Å². The van der Waals surface area contributed by atoms with Crippen LogP contribution in [-0.2, 0) is 6.54 Å². The second-order valence-corrected chi connectivity index (χ2v) is 10.3. The van der Waals surface area contributed by atoms with E-state index in [0.29, 0.717) is 35.5 Å². The van der Waals surface area contributed by atoms with Crippen LogP contribution in [0.4, 0.5) is 10.1 Å². The minimum Gasteiger partial charge on any atom is -0.492 e. The van der Waals surface area contributed by atoms with Gasteiger partial charge < -0.3 is 19.3 Å². The summed E-state index contributed by atoms with van der Waals surface area (Å²) in [5.74, 6) is -1.11. The maximum atomic E-state index is 15.8. The number of methoxy groups -OCH3 is 1. The molecular formula is C28H30FN3O4. The molecule has 8 heteroatoms. The third kappa shape index (κ3) is 3.84. The van der Waals surface area contributed by atoms with E-state index in [0.717, 1.165) is 45.3 Å². The number of aromatic nitrogens is 1. The third-order valence-corrected chi connectivity index (χ3v) is 8.01. The van der Waals surface area contributed by atoms with Gasteiger partial charge in [-0.15, -0.1) is 0 Å². The van der Waals surface area contributed by atoms with Gasteiger partial charge in [0.1, 0.15) is 11.3 Å². The summed E-state index contributed by atoms with van der Waals surface area (Å²) >= 11 is 0. The lowest BCUT2D eigenvalue weighted by atomic mass is 9.91. The quantitative estimate of drug-likeness (QED) is 0.555. The number of carboxylic acid groups (broad SMARTS) is 1. The van der Waals surface area contributed by atoms with Gasteiger partial charge in [-0.3, -0.25) is 9.69 Å². The summed E-state index contributed by atoms with van der Waals surface area (Å²) in [6.07, 6.45) is 5.38. The molecule has 188 valence electrons. The van der Waals surface area contributed by atoms with E-state index in [9.17, 15) is 14.7 Å². The predicted octanol–water partition coefficient (Wildman–Crippen LogP) is 4.28. The van der Waals surface area contributed by atoms with E-state index in [2.05, 4.69) is 34.1 Å². The molecule has 2 aromatic carbocycles. The number of pyridine rings is 1. The number of ether oxygens (including phenoxy) is 1. The van der Waals surface area contributed by atoms with Gasteiger partial charge in [0.05, 0.1) is 18.0 Å². The number of fused-ring (bicyclic) bond motifs is 2. The maximum Gasteiger partial charge on any atom is 0.341 e. The summed E-state index contributed by atoms with van der Waals surface area (Å²) in [6.45, 7) is 3.28. The van der Waals surface area contributed by atoms with Gasteiger partial charge in [0.15, 0.2) is 11.6 Å². The van der Waals surface area contributed by atoms with Gasteiger partial charge in [-0.1, -0.05) is 30.3 Å². The van der Waals surface area contributed by atoms with Crippen LogP contribution in [0, 0.1) is 11.7 Å². The Morgan fingerprint density at radius 1 is 1.17 bits per heavy atom. The highest BCUT2D eigenvalue weighted by atomic mass is 19.1. The number of carbonyl (C=O) groups is 1. The lowest BCUT2D eigenvalue weighted by Crippen LogP contribution is -2.44. The van der Waals surface area contributed by atoms with Crippen molar-refractivity contribution in [3.8, 4) is 5.75 Å². The summed E-state index contributed by atoms with van der Waals surface area (Å²) in [6, 6.07) is 12.0.